The van der Waals surface area contributed by atoms with Gasteiger partial charge in [-0.3, -0.25) is 4.90 Å². The van der Waals surface area contributed by atoms with Gasteiger partial charge in [-0.15, -0.1) is 0 Å². The van der Waals surface area contributed by atoms with Crippen LogP contribution in [0.5, 0.6) is 17.2 Å². The first-order valence-corrected chi connectivity index (χ1v) is 11.3. The SMILES string of the molecule is COc1ccc(C2CCN(C3(C)Oc4c(C)c(C)c(N)c(C)c4C3C)CC2)cc1OC. The van der Waals surface area contributed by atoms with Crippen molar-refractivity contribution in [3.63, 3.8) is 0 Å². The van der Waals surface area contributed by atoms with Crippen molar-refractivity contribution in [2.45, 2.75) is 65.0 Å². The maximum absolute atomic E-state index is 6.74. The van der Waals surface area contributed by atoms with Crippen molar-refractivity contribution in [1.82, 2.24) is 4.90 Å². The Hall–Kier alpha value is -2.40. The molecule has 2 N–H and O–H groups in total. The molecule has 0 radical (unpaired) electrons. The van der Waals surface area contributed by atoms with E-state index in [1.165, 1.54) is 22.3 Å². The number of benzene rings is 2. The van der Waals surface area contributed by atoms with Gasteiger partial charge in [-0.25, -0.2) is 0 Å². The molecule has 0 aliphatic carbocycles. The number of hydrogen-bond donors (Lipinski definition) is 1. The molecule has 0 bridgehead atoms. The lowest BCUT2D eigenvalue weighted by atomic mass is 9.84. The van der Waals surface area contributed by atoms with Gasteiger partial charge in [-0.05, 0) is 80.8 Å². The molecule has 2 aliphatic heterocycles. The third-order valence-corrected chi connectivity index (χ3v) is 7.91. The average molecular weight is 425 g/mol. The lowest BCUT2D eigenvalue weighted by molar-refractivity contribution is -0.0811. The van der Waals surface area contributed by atoms with Gasteiger partial charge in [0.05, 0.1) is 14.2 Å². The zero-order valence-corrected chi connectivity index (χ0v) is 20.0. The third kappa shape index (κ3) is 3.34. The minimum Gasteiger partial charge on any atom is -0.493 e. The number of rotatable bonds is 4. The number of anilines is 1. The van der Waals surface area contributed by atoms with E-state index in [0.29, 0.717) is 5.92 Å². The number of piperidine rings is 1. The summed E-state index contributed by atoms with van der Waals surface area (Å²) in [7, 11) is 3.37. The van der Waals surface area contributed by atoms with Crippen molar-refractivity contribution >= 4 is 5.69 Å². The maximum Gasteiger partial charge on any atom is 0.167 e. The molecule has 4 rings (SSSR count). The largest absolute Gasteiger partial charge is 0.493 e. The number of nitrogen functional groups attached to an aromatic ring is 1. The fourth-order valence-corrected chi connectivity index (χ4v) is 5.49. The first-order chi connectivity index (χ1) is 14.7. The Morgan fingerprint density at radius 2 is 1.65 bits per heavy atom. The zero-order valence-electron chi connectivity index (χ0n) is 20.0. The van der Waals surface area contributed by atoms with E-state index in [-0.39, 0.29) is 11.6 Å². The van der Waals surface area contributed by atoms with Crippen molar-refractivity contribution in [2.24, 2.45) is 0 Å². The topological polar surface area (TPSA) is 57.0 Å². The zero-order chi connectivity index (χ0) is 22.5. The Morgan fingerprint density at radius 1 is 1.00 bits per heavy atom. The Bertz CT molecular complexity index is 995. The molecule has 2 aromatic rings. The summed E-state index contributed by atoms with van der Waals surface area (Å²) in [4.78, 5) is 2.53. The van der Waals surface area contributed by atoms with E-state index in [4.69, 9.17) is 19.9 Å². The molecule has 2 aromatic carbocycles. The van der Waals surface area contributed by atoms with Gasteiger partial charge in [0.25, 0.3) is 0 Å². The summed E-state index contributed by atoms with van der Waals surface area (Å²) in [6.45, 7) is 12.9. The van der Waals surface area contributed by atoms with Crippen LogP contribution in [-0.2, 0) is 0 Å². The fraction of sp³-hybridized carbons (Fsp3) is 0.538. The van der Waals surface area contributed by atoms with Gasteiger partial charge >= 0.3 is 0 Å². The Kier molecular flexibility index (Phi) is 5.59. The van der Waals surface area contributed by atoms with Gasteiger partial charge in [0.2, 0.25) is 0 Å². The number of nitrogens with two attached hydrogens (primary N) is 1. The average Bonchev–Trinajstić information content (AvgIpc) is 3.07. The number of methoxy groups -OCH3 is 2. The van der Waals surface area contributed by atoms with Crippen LogP contribution in [0.4, 0.5) is 5.69 Å². The molecule has 2 heterocycles. The number of fused-ring (bicyclic) bond motifs is 1. The molecule has 0 amide bonds. The maximum atomic E-state index is 6.74. The van der Waals surface area contributed by atoms with E-state index in [1.54, 1.807) is 14.2 Å². The molecule has 5 nitrogen and oxygen atoms in total. The van der Waals surface area contributed by atoms with Crippen LogP contribution >= 0.6 is 0 Å². The molecule has 0 saturated carbocycles. The second-order valence-electron chi connectivity index (χ2n) is 9.29. The summed E-state index contributed by atoms with van der Waals surface area (Å²) in [6, 6.07) is 6.31. The molecule has 5 heteroatoms. The lowest BCUT2D eigenvalue weighted by Crippen LogP contribution is -2.54. The van der Waals surface area contributed by atoms with E-state index in [0.717, 1.165) is 54.4 Å². The van der Waals surface area contributed by atoms with Crippen molar-refractivity contribution in [2.75, 3.05) is 33.0 Å². The molecular formula is C26H36N2O3. The Labute approximate surface area is 186 Å². The molecule has 0 spiro atoms. The van der Waals surface area contributed by atoms with Gasteiger partial charge in [-0.2, -0.15) is 0 Å². The minimum atomic E-state index is -0.347. The van der Waals surface area contributed by atoms with E-state index >= 15 is 0 Å². The molecule has 2 unspecified atom stereocenters. The van der Waals surface area contributed by atoms with Crippen LogP contribution in [0.2, 0.25) is 0 Å². The van der Waals surface area contributed by atoms with Crippen molar-refractivity contribution in [3.05, 3.63) is 46.0 Å². The summed E-state index contributed by atoms with van der Waals surface area (Å²) in [5, 5.41) is 0. The van der Waals surface area contributed by atoms with Gasteiger partial charge in [0, 0.05) is 30.3 Å². The number of likely N-dealkylation sites (tertiary alicyclic amines) is 1. The molecule has 0 aromatic heterocycles. The quantitative estimate of drug-likeness (QED) is 0.675. The van der Waals surface area contributed by atoms with Gasteiger partial charge in [0.15, 0.2) is 17.2 Å². The molecular weight excluding hydrogens is 388 g/mol. The number of hydrogen-bond acceptors (Lipinski definition) is 5. The van der Waals surface area contributed by atoms with Gasteiger partial charge < -0.3 is 19.9 Å². The number of ether oxygens (including phenoxy) is 3. The number of nitrogens with zero attached hydrogens (tertiary/aromatic N) is 1. The van der Waals surface area contributed by atoms with Crippen LogP contribution < -0.4 is 19.9 Å². The third-order valence-electron chi connectivity index (χ3n) is 7.91. The van der Waals surface area contributed by atoms with Gasteiger partial charge in [0.1, 0.15) is 5.75 Å². The van der Waals surface area contributed by atoms with E-state index < -0.39 is 0 Å². The van der Waals surface area contributed by atoms with E-state index in [1.807, 2.05) is 6.07 Å². The summed E-state index contributed by atoms with van der Waals surface area (Å²) < 4.78 is 17.6. The lowest BCUT2D eigenvalue weighted by Gasteiger charge is -2.44. The summed E-state index contributed by atoms with van der Waals surface area (Å²) >= 11 is 0. The first-order valence-electron chi connectivity index (χ1n) is 11.3. The van der Waals surface area contributed by atoms with Crippen LogP contribution in [0.25, 0.3) is 0 Å². The van der Waals surface area contributed by atoms with E-state index in [9.17, 15) is 0 Å². The second-order valence-corrected chi connectivity index (χ2v) is 9.29. The summed E-state index contributed by atoms with van der Waals surface area (Å²) in [5.41, 5.74) is 13.1. The highest BCUT2D eigenvalue weighted by Gasteiger charge is 2.49. The predicted molar refractivity (Wildman–Crippen MR) is 126 cm³/mol. The minimum absolute atomic E-state index is 0.265. The Balaban J connectivity index is 1.54. The van der Waals surface area contributed by atoms with Crippen molar-refractivity contribution in [1.29, 1.82) is 0 Å². The molecule has 2 aliphatic rings. The van der Waals surface area contributed by atoms with Crippen molar-refractivity contribution in [3.8, 4) is 17.2 Å². The fourth-order valence-electron chi connectivity index (χ4n) is 5.49. The standard InChI is InChI=1S/C26H36N2O3/c1-15-16(2)25-23(17(3)24(15)27)18(4)26(5,31-25)28-12-10-19(11-13-28)20-8-9-21(29-6)22(14-20)30-7/h8-9,14,18-19H,10-13,27H2,1-7H3. The van der Waals surface area contributed by atoms with Crippen molar-refractivity contribution < 1.29 is 14.2 Å². The molecule has 168 valence electrons. The molecule has 2 atom stereocenters. The highest BCUT2D eigenvalue weighted by molar-refractivity contribution is 5.67. The Morgan fingerprint density at radius 3 is 2.26 bits per heavy atom. The van der Waals surface area contributed by atoms with Crippen LogP contribution in [0, 0.1) is 20.8 Å². The normalized spacial score (nSPS) is 24.0. The summed E-state index contributed by atoms with van der Waals surface area (Å²) in [5.74, 6) is 3.40. The van der Waals surface area contributed by atoms with E-state index in [2.05, 4.69) is 51.7 Å². The van der Waals surface area contributed by atoms with Crippen LogP contribution in [-0.4, -0.2) is 37.9 Å². The monoisotopic (exact) mass is 424 g/mol. The molecule has 1 saturated heterocycles. The first kappa shape index (κ1) is 21.8. The van der Waals surface area contributed by atoms with Crippen LogP contribution in [0.3, 0.4) is 0 Å². The van der Waals surface area contributed by atoms with Gasteiger partial charge in [-0.1, -0.05) is 13.0 Å². The highest BCUT2D eigenvalue weighted by Crippen LogP contribution is 2.52. The van der Waals surface area contributed by atoms with Crippen LogP contribution in [0.1, 0.15) is 66.3 Å². The second kappa shape index (κ2) is 7.94. The smallest absolute Gasteiger partial charge is 0.167 e. The molecule has 1 fully saturated rings. The highest BCUT2D eigenvalue weighted by atomic mass is 16.5. The molecule has 31 heavy (non-hydrogen) atoms. The predicted octanol–water partition coefficient (Wildman–Crippen LogP) is 5.30. The van der Waals surface area contributed by atoms with Crippen LogP contribution in [0.15, 0.2) is 18.2 Å². The summed E-state index contributed by atoms with van der Waals surface area (Å²) in [6.07, 6.45) is 2.19.